The number of H-pyrrole nitrogens is 1. The largest absolute Gasteiger partial charge is 0.342 e. The minimum absolute atomic E-state index is 0.0327. The maximum absolute atomic E-state index is 12.6. The third-order valence-electron chi connectivity index (χ3n) is 5.10. The molecule has 1 unspecified atom stereocenters. The summed E-state index contributed by atoms with van der Waals surface area (Å²) >= 11 is 0. The van der Waals surface area contributed by atoms with Crippen molar-refractivity contribution in [2.75, 3.05) is 13.1 Å². The number of likely N-dealkylation sites (tertiary alicyclic amines) is 1. The monoisotopic (exact) mass is 364 g/mol. The second-order valence-corrected chi connectivity index (χ2v) is 7.83. The molecule has 3 heterocycles. The Morgan fingerprint density at radius 1 is 1.22 bits per heavy atom. The predicted molar refractivity (Wildman–Crippen MR) is 105 cm³/mol. The minimum Gasteiger partial charge on any atom is -0.342 e. The maximum Gasteiger partial charge on any atom is 0.272 e. The van der Waals surface area contributed by atoms with Gasteiger partial charge in [0.2, 0.25) is 5.91 Å². The highest BCUT2D eigenvalue weighted by molar-refractivity contribution is 5.80. The molecule has 0 bridgehead atoms. The Bertz CT molecular complexity index is 1050. The average molecular weight is 364 g/mol. The van der Waals surface area contributed by atoms with Gasteiger partial charge in [0.1, 0.15) is 0 Å². The van der Waals surface area contributed by atoms with Gasteiger partial charge < -0.3 is 4.90 Å². The highest BCUT2D eigenvalue weighted by Crippen LogP contribution is 2.29. The number of carbonyl (C=O) groups is 1. The van der Waals surface area contributed by atoms with Crippen LogP contribution < -0.4 is 5.56 Å². The summed E-state index contributed by atoms with van der Waals surface area (Å²) in [4.78, 5) is 31.6. The van der Waals surface area contributed by atoms with Gasteiger partial charge in [0, 0.05) is 43.3 Å². The van der Waals surface area contributed by atoms with Crippen LogP contribution >= 0.6 is 0 Å². The zero-order valence-corrected chi connectivity index (χ0v) is 15.9. The van der Waals surface area contributed by atoms with Gasteiger partial charge >= 0.3 is 0 Å². The molecule has 0 radical (unpaired) electrons. The normalized spacial score (nSPS) is 17.4. The fraction of sp³-hybridized carbons (Fsp3) is 0.381. The van der Waals surface area contributed by atoms with Crippen molar-refractivity contribution in [1.82, 2.24) is 19.5 Å². The van der Waals surface area contributed by atoms with Crippen molar-refractivity contribution in [1.29, 1.82) is 0 Å². The summed E-state index contributed by atoms with van der Waals surface area (Å²) in [5, 5.41) is 3.00. The number of aromatic amines is 1. The van der Waals surface area contributed by atoms with E-state index in [4.69, 9.17) is 4.98 Å². The van der Waals surface area contributed by atoms with E-state index in [0.717, 1.165) is 17.7 Å². The molecule has 0 spiro atoms. The highest BCUT2D eigenvalue weighted by atomic mass is 16.2. The minimum atomic E-state index is -0.150. The molecule has 4 rings (SSSR count). The Labute approximate surface area is 157 Å². The van der Waals surface area contributed by atoms with Crippen LogP contribution in [0.2, 0.25) is 0 Å². The summed E-state index contributed by atoms with van der Waals surface area (Å²) in [5.41, 5.74) is 4.23. The molecular weight excluding hydrogens is 340 g/mol. The smallest absolute Gasteiger partial charge is 0.272 e. The third kappa shape index (κ3) is 3.27. The van der Waals surface area contributed by atoms with E-state index in [1.165, 1.54) is 10.1 Å². The van der Waals surface area contributed by atoms with Gasteiger partial charge in [-0.2, -0.15) is 0 Å². The van der Waals surface area contributed by atoms with Gasteiger partial charge in [-0.15, -0.1) is 0 Å². The van der Waals surface area contributed by atoms with Crippen LogP contribution in [-0.4, -0.2) is 38.5 Å². The number of hydrogen-bond donors (Lipinski definition) is 1. The van der Waals surface area contributed by atoms with Crippen molar-refractivity contribution in [3.05, 3.63) is 58.1 Å². The van der Waals surface area contributed by atoms with E-state index in [2.05, 4.69) is 18.9 Å². The summed E-state index contributed by atoms with van der Waals surface area (Å²) in [6.07, 6.45) is 2.22. The molecule has 1 N–H and O–H groups in total. The van der Waals surface area contributed by atoms with Gasteiger partial charge in [0.25, 0.3) is 5.56 Å². The van der Waals surface area contributed by atoms with E-state index in [1.54, 1.807) is 6.07 Å². The third-order valence-corrected chi connectivity index (χ3v) is 5.10. The number of nitrogens with one attached hydrogen (secondary N) is 1. The number of rotatable bonds is 4. The molecule has 140 valence electrons. The van der Waals surface area contributed by atoms with E-state index in [-0.39, 0.29) is 17.4 Å². The lowest BCUT2D eigenvalue weighted by Gasteiger charge is -2.18. The van der Waals surface area contributed by atoms with Crippen molar-refractivity contribution < 1.29 is 4.79 Å². The molecule has 1 saturated heterocycles. The molecule has 1 aliphatic heterocycles. The number of fused-ring (bicyclic) bond motifs is 1. The van der Waals surface area contributed by atoms with E-state index in [0.29, 0.717) is 30.2 Å². The van der Waals surface area contributed by atoms with E-state index in [9.17, 15) is 9.59 Å². The van der Waals surface area contributed by atoms with Crippen LogP contribution in [0.3, 0.4) is 0 Å². The SMILES string of the molecule is Cc1ccc(-c2c[nH]n3c(=O)cc(C4CC(=O)N(CC(C)C)C4)nc23)cc1. The van der Waals surface area contributed by atoms with Crippen molar-refractivity contribution in [2.45, 2.75) is 33.1 Å². The zero-order chi connectivity index (χ0) is 19.1. The molecule has 1 aromatic carbocycles. The Morgan fingerprint density at radius 3 is 2.67 bits per heavy atom. The molecule has 2 aromatic heterocycles. The number of aromatic nitrogens is 3. The lowest BCUT2D eigenvalue weighted by molar-refractivity contribution is -0.128. The van der Waals surface area contributed by atoms with Crippen molar-refractivity contribution in [2.24, 2.45) is 5.92 Å². The topological polar surface area (TPSA) is 70.5 Å². The summed E-state index contributed by atoms with van der Waals surface area (Å²) < 4.78 is 1.46. The lowest BCUT2D eigenvalue weighted by atomic mass is 10.0. The molecule has 6 heteroatoms. The Kier molecular flexibility index (Phi) is 4.34. The Hall–Kier alpha value is -2.89. The lowest BCUT2D eigenvalue weighted by Crippen LogP contribution is -2.29. The van der Waals surface area contributed by atoms with Crippen molar-refractivity contribution in [3.8, 4) is 11.1 Å². The first-order chi connectivity index (χ1) is 12.9. The van der Waals surface area contributed by atoms with Crippen molar-refractivity contribution in [3.63, 3.8) is 0 Å². The Balaban J connectivity index is 1.73. The fourth-order valence-electron chi connectivity index (χ4n) is 3.74. The molecule has 0 aliphatic carbocycles. The maximum atomic E-state index is 12.6. The van der Waals surface area contributed by atoms with Gasteiger partial charge in [-0.1, -0.05) is 43.7 Å². The quantitative estimate of drug-likeness (QED) is 0.774. The average Bonchev–Trinajstić information content (AvgIpc) is 3.20. The molecule has 1 aliphatic rings. The number of hydrogen-bond acceptors (Lipinski definition) is 3. The van der Waals surface area contributed by atoms with Crippen LogP contribution in [0, 0.1) is 12.8 Å². The number of aryl methyl sites for hydroxylation is 1. The van der Waals surface area contributed by atoms with Crippen LogP contribution in [0.5, 0.6) is 0 Å². The number of benzene rings is 1. The fourth-order valence-corrected chi connectivity index (χ4v) is 3.74. The van der Waals surface area contributed by atoms with Crippen LogP contribution in [0.15, 0.2) is 41.3 Å². The van der Waals surface area contributed by atoms with Crippen LogP contribution in [0.4, 0.5) is 0 Å². The summed E-state index contributed by atoms with van der Waals surface area (Å²) in [6, 6.07) is 9.70. The number of amides is 1. The first-order valence-corrected chi connectivity index (χ1v) is 9.38. The highest BCUT2D eigenvalue weighted by Gasteiger charge is 2.32. The van der Waals surface area contributed by atoms with E-state index < -0.39 is 0 Å². The molecule has 0 saturated carbocycles. The second-order valence-electron chi connectivity index (χ2n) is 7.83. The van der Waals surface area contributed by atoms with Gasteiger partial charge in [-0.25, -0.2) is 9.50 Å². The van der Waals surface area contributed by atoms with E-state index >= 15 is 0 Å². The standard InChI is InChI=1S/C21H24N4O2/c1-13(2)11-24-12-16(8-19(24)26)18-9-20(27)25-21(23-18)17(10-22-25)15-6-4-14(3)5-7-15/h4-7,9-10,13,16,22H,8,11-12H2,1-3H3. The molecule has 1 atom stereocenters. The van der Waals surface area contributed by atoms with Crippen molar-refractivity contribution >= 4 is 11.6 Å². The molecule has 6 nitrogen and oxygen atoms in total. The first-order valence-electron chi connectivity index (χ1n) is 9.38. The molecule has 1 fully saturated rings. The summed E-state index contributed by atoms with van der Waals surface area (Å²) in [6.45, 7) is 7.62. The van der Waals surface area contributed by atoms with Gasteiger partial charge in [0.05, 0.1) is 5.69 Å². The molecule has 1 amide bonds. The summed E-state index contributed by atoms with van der Waals surface area (Å²) in [5.74, 6) is 0.532. The van der Waals surface area contributed by atoms with Crippen LogP contribution in [-0.2, 0) is 4.79 Å². The van der Waals surface area contributed by atoms with Crippen LogP contribution in [0.1, 0.15) is 37.4 Å². The number of carbonyl (C=O) groups excluding carboxylic acids is 1. The van der Waals surface area contributed by atoms with Gasteiger partial charge in [-0.05, 0) is 18.4 Å². The molecule has 3 aromatic rings. The van der Waals surface area contributed by atoms with E-state index in [1.807, 2.05) is 42.3 Å². The Morgan fingerprint density at radius 2 is 1.96 bits per heavy atom. The molecule has 27 heavy (non-hydrogen) atoms. The number of nitrogens with zero attached hydrogens (tertiary/aromatic N) is 3. The van der Waals surface area contributed by atoms with Gasteiger partial charge in [0.15, 0.2) is 5.65 Å². The second kappa shape index (κ2) is 6.68. The predicted octanol–water partition coefficient (Wildman–Crippen LogP) is 2.97. The van der Waals surface area contributed by atoms with Crippen LogP contribution in [0.25, 0.3) is 16.8 Å². The summed E-state index contributed by atoms with van der Waals surface area (Å²) in [7, 11) is 0. The zero-order valence-electron chi connectivity index (χ0n) is 15.9. The van der Waals surface area contributed by atoms with Gasteiger partial charge in [-0.3, -0.25) is 14.7 Å². The first kappa shape index (κ1) is 17.5. The molecular formula is C21H24N4O2.